The number of hydrogen-bond acceptors (Lipinski definition) is 6. The van der Waals surface area contributed by atoms with E-state index >= 15 is 0 Å². The smallest absolute Gasteiger partial charge is 0.338 e. The molecule has 3 aromatic rings. The predicted octanol–water partition coefficient (Wildman–Crippen LogP) is 4.60. The molecular formula is C25H26N2O5. The third kappa shape index (κ3) is 6.07. The maximum atomic E-state index is 13.1. The van der Waals surface area contributed by atoms with Gasteiger partial charge in [-0.1, -0.05) is 43.2 Å². The van der Waals surface area contributed by atoms with Gasteiger partial charge in [0.1, 0.15) is 0 Å². The molecule has 166 valence electrons. The Morgan fingerprint density at radius 2 is 1.66 bits per heavy atom. The second-order valence-electron chi connectivity index (χ2n) is 7.33. The number of carbonyl (C=O) groups is 3. The molecule has 0 bridgehead atoms. The lowest BCUT2D eigenvalue weighted by atomic mass is 10.1. The van der Waals surface area contributed by atoms with Crippen molar-refractivity contribution in [3.63, 3.8) is 0 Å². The average Bonchev–Trinajstić information content (AvgIpc) is 3.34. The number of benzene rings is 2. The van der Waals surface area contributed by atoms with Crippen LogP contribution in [-0.2, 0) is 4.74 Å². The molecule has 3 rings (SSSR count). The van der Waals surface area contributed by atoms with E-state index in [0.29, 0.717) is 23.4 Å². The number of ketones is 1. The summed E-state index contributed by atoms with van der Waals surface area (Å²) >= 11 is 0. The summed E-state index contributed by atoms with van der Waals surface area (Å²) in [4.78, 5) is 37.7. The summed E-state index contributed by atoms with van der Waals surface area (Å²) in [5.74, 6) is -1.14. The second-order valence-corrected chi connectivity index (χ2v) is 7.33. The number of furan rings is 1. The highest BCUT2D eigenvalue weighted by molar-refractivity contribution is 6.04. The third-order valence-electron chi connectivity index (χ3n) is 4.78. The van der Waals surface area contributed by atoms with E-state index in [1.807, 2.05) is 26.0 Å². The minimum Gasteiger partial charge on any atom is -0.462 e. The Morgan fingerprint density at radius 1 is 0.969 bits per heavy atom. The molecule has 0 radical (unpaired) electrons. The van der Waals surface area contributed by atoms with Crippen LogP contribution in [0, 0.1) is 6.92 Å². The van der Waals surface area contributed by atoms with Crippen molar-refractivity contribution in [3.8, 4) is 0 Å². The van der Waals surface area contributed by atoms with Crippen LogP contribution in [0.3, 0.4) is 0 Å². The number of amides is 1. The van der Waals surface area contributed by atoms with E-state index < -0.39 is 18.0 Å². The summed E-state index contributed by atoms with van der Waals surface area (Å²) in [6.07, 6.45) is 2.09. The molecule has 2 N–H and O–H groups in total. The van der Waals surface area contributed by atoms with Gasteiger partial charge in [0.05, 0.1) is 18.4 Å². The summed E-state index contributed by atoms with van der Waals surface area (Å²) in [7, 11) is 0. The van der Waals surface area contributed by atoms with E-state index in [2.05, 4.69) is 10.6 Å². The summed E-state index contributed by atoms with van der Waals surface area (Å²) in [5.41, 5.74) is 2.43. The molecule has 1 aromatic heterocycles. The number of hydrogen-bond donors (Lipinski definition) is 2. The van der Waals surface area contributed by atoms with Crippen molar-refractivity contribution < 1.29 is 23.5 Å². The maximum absolute atomic E-state index is 13.1. The maximum Gasteiger partial charge on any atom is 0.338 e. The number of Topliss-reactive ketones (excluding diaryl/α,β-unsaturated/α-hetero) is 1. The van der Waals surface area contributed by atoms with Gasteiger partial charge < -0.3 is 19.8 Å². The van der Waals surface area contributed by atoms with Crippen LogP contribution in [0.15, 0.2) is 71.3 Å². The monoisotopic (exact) mass is 434 g/mol. The molecule has 1 atom stereocenters. The van der Waals surface area contributed by atoms with Gasteiger partial charge in [0.2, 0.25) is 5.78 Å². The number of anilines is 1. The van der Waals surface area contributed by atoms with Gasteiger partial charge in [0, 0.05) is 11.3 Å². The molecule has 7 nitrogen and oxygen atoms in total. The Hall–Kier alpha value is -3.87. The van der Waals surface area contributed by atoms with E-state index in [1.54, 1.807) is 42.5 Å². The normalized spacial score (nSPS) is 11.4. The highest BCUT2D eigenvalue weighted by Gasteiger charge is 2.24. The summed E-state index contributed by atoms with van der Waals surface area (Å²) in [6.45, 7) is 4.33. The average molecular weight is 434 g/mol. The lowest BCUT2D eigenvalue weighted by molar-refractivity contribution is 0.0499. The molecule has 0 aliphatic rings. The van der Waals surface area contributed by atoms with Crippen molar-refractivity contribution in [2.45, 2.75) is 32.9 Å². The van der Waals surface area contributed by atoms with Crippen molar-refractivity contribution >= 4 is 23.3 Å². The highest BCUT2D eigenvalue weighted by atomic mass is 16.5. The molecule has 0 aliphatic carbocycles. The Balaban J connectivity index is 1.75. The lowest BCUT2D eigenvalue weighted by Gasteiger charge is -2.20. The van der Waals surface area contributed by atoms with Gasteiger partial charge >= 0.3 is 5.97 Å². The molecule has 0 saturated carbocycles. The van der Waals surface area contributed by atoms with E-state index in [4.69, 9.17) is 9.15 Å². The van der Waals surface area contributed by atoms with Crippen LogP contribution in [0.4, 0.5) is 5.69 Å². The van der Waals surface area contributed by atoms with Gasteiger partial charge in [0.25, 0.3) is 5.91 Å². The van der Waals surface area contributed by atoms with Crippen molar-refractivity contribution in [1.29, 1.82) is 0 Å². The van der Waals surface area contributed by atoms with Gasteiger partial charge in [-0.25, -0.2) is 4.79 Å². The van der Waals surface area contributed by atoms with Crippen molar-refractivity contribution in [1.82, 2.24) is 5.32 Å². The number of nitrogens with one attached hydrogen (secondary N) is 2. The number of unbranched alkanes of at least 4 members (excludes halogenated alkanes) is 1. The zero-order valence-corrected chi connectivity index (χ0v) is 18.1. The molecular weight excluding hydrogens is 408 g/mol. The van der Waals surface area contributed by atoms with Crippen LogP contribution in [0.5, 0.6) is 0 Å². The fourth-order valence-corrected chi connectivity index (χ4v) is 2.92. The van der Waals surface area contributed by atoms with Crippen molar-refractivity contribution in [2.75, 3.05) is 11.9 Å². The van der Waals surface area contributed by atoms with Crippen LogP contribution < -0.4 is 10.6 Å². The predicted molar refractivity (Wildman–Crippen MR) is 121 cm³/mol. The van der Waals surface area contributed by atoms with Crippen LogP contribution in [0.1, 0.15) is 56.6 Å². The zero-order chi connectivity index (χ0) is 22.9. The summed E-state index contributed by atoms with van der Waals surface area (Å²) < 4.78 is 10.3. The first kappa shape index (κ1) is 22.8. The molecule has 1 heterocycles. The highest BCUT2D eigenvalue weighted by Crippen LogP contribution is 2.15. The lowest BCUT2D eigenvalue weighted by Crippen LogP contribution is -2.46. The van der Waals surface area contributed by atoms with Gasteiger partial charge in [-0.15, -0.1) is 0 Å². The minimum atomic E-state index is -1.04. The summed E-state index contributed by atoms with van der Waals surface area (Å²) in [6, 6.07) is 16.7. The Bertz CT molecular complexity index is 1040. The second kappa shape index (κ2) is 10.9. The molecule has 1 unspecified atom stereocenters. The number of carbonyl (C=O) groups excluding carboxylic acids is 3. The molecule has 0 fully saturated rings. The Kier molecular flexibility index (Phi) is 7.80. The van der Waals surface area contributed by atoms with Gasteiger partial charge in [-0.05, 0) is 49.7 Å². The number of aryl methyl sites for hydroxylation is 1. The van der Waals surface area contributed by atoms with E-state index in [0.717, 1.165) is 18.4 Å². The van der Waals surface area contributed by atoms with Gasteiger partial charge in [0.15, 0.2) is 11.9 Å². The van der Waals surface area contributed by atoms with Gasteiger partial charge in [-0.2, -0.15) is 0 Å². The van der Waals surface area contributed by atoms with Crippen LogP contribution in [0.2, 0.25) is 0 Å². The van der Waals surface area contributed by atoms with Crippen molar-refractivity contribution in [2.24, 2.45) is 0 Å². The van der Waals surface area contributed by atoms with E-state index in [1.165, 1.54) is 12.3 Å². The van der Waals surface area contributed by atoms with Crippen LogP contribution in [-0.4, -0.2) is 30.4 Å². The molecule has 1 amide bonds. The Labute approximate surface area is 186 Å². The quantitative estimate of drug-likeness (QED) is 0.210. The first-order valence-corrected chi connectivity index (χ1v) is 10.5. The molecule has 32 heavy (non-hydrogen) atoms. The fraction of sp³-hybridized carbons (Fsp3) is 0.240. The SMILES string of the molecule is CCCCOC(=O)c1ccc(NC(NC(=O)c2ccco2)C(=O)c2ccc(C)cc2)cc1. The van der Waals surface area contributed by atoms with Crippen molar-refractivity contribution in [3.05, 3.63) is 89.4 Å². The van der Waals surface area contributed by atoms with Gasteiger partial charge in [-0.3, -0.25) is 9.59 Å². The first-order valence-electron chi connectivity index (χ1n) is 10.5. The minimum absolute atomic E-state index is 0.0960. The van der Waals surface area contributed by atoms with Crippen LogP contribution >= 0.6 is 0 Å². The first-order chi connectivity index (χ1) is 15.5. The fourth-order valence-electron chi connectivity index (χ4n) is 2.92. The van der Waals surface area contributed by atoms with E-state index in [-0.39, 0.29) is 11.5 Å². The molecule has 7 heteroatoms. The molecule has 2 aromatic carbocycles. The number of rotatable bonds is 10. The largest absolute Gasteiger partial charge is 0.462 e. The third-order valence-corrected chi connectivity index (χ3v) is 4.78. The topological polar surface area (TPSA) is 97.6 Å². The summed E-state index contributed by atoms with van der Waals surface area (Å²) in [5, 5.41) is 5.70. The number of esters is 1. The number of ether oxygens (including phenoxy) is 1. The molecule has 0 saturated heterocycles. The zero-order valence-electron chi connectivity index (χ0n) is 18.1. The Morgan fingerprint density at radius 3 is 2.28 bits per heavy atom. The van der Waals surface area contributed by atoms with Crippen LogP contribution in [0.25, 0.3) is 0 Å². The molecule has 0 aliphatic heterocycles. The standard InChI is InChI=1S/C25H26N2O5/c1-3-4-15-32-25(30)19-11-13-20(14-12-19)26-23(27-24(29)21-6-5-16-31-21)22(28)18-9-7-17(2)8-10-18/h5-14,16,23,26H,3-4,15H2,1-2H3,(H,27,29). The molecule has 0 spiro atoms. The van der Waals surface area contributed by atoms with E-state index in [9.17, 15) is 14.4 Å².